The van der Waals surface area contributed by atoms with Gasteiger partial charge in [-0.2, -0.15) is 0 Å². The van der Waals surface area contributed by atoms with Crippen LogP contribution in [0, 0.1) is 6.92 Å². The molecule has 1 saturated carbocycles. The highest BCUT2D eigenvalue weighted by Gasteiger charge is 2.67. The number of aromatic amines is 1. The molecular formula is C25H44N2O5SSi2. The maximum Gasteiger partial charge on any atom is 0.334 e. The molecule has 2 saturated heterocycles. The van der Waals surface area contributed by atoms with Crippen molar-refractivity contribution in [2.24, 2.45) is 0 Å². The molecule has 0 unspecified atom stereocenters. The third-order valence-corrected chi connectivity index (χ3v) is 20.7. The average molecular weight is 541 g/mol. The molecule has 7 nitrogen and oxygen atoms in total. The molecule has 0 aromatic carbocycles. The molecule has 1 aliphatic carbocycles. The van der Waals surface area contributed by atoms with Crippen molar-refractivity contribution in [1.82, 2.24) is 9.55 Å². The molecule has 3 heterocycles. The first-order chi connectivity index (χ1) is 16.3. The van der Waals surface area contributed by atoms with E-state index in [2.05, 4.69) is 60.4 Å². The summed E-state index contributed by atoms with van der Waals surface area (Å²) in [5.74, 6) is 0. The number of hydrogen-bond donors (Lipinski definition) is 1. The summed E-state index contributed by atoms with van der Waals surface area (Å²) < 4.78 is 23.7. The third-order valence-electron chi connectivity index (χ3n) is 8.54. The zero-order chi connectivity index (χ0) is 25.9. The number of H-pyrrole nitrogens is 1. The lowest BCUT2D eigenvalue weighted by Gasteiger charge is -2.55. The summed E-state index contributed by atoms with van der Waals surface area (Å²) in [7, 11) is -5.37. The zero-order valence-corrected chi connectivity index (χ0v) is 25.7. The summed E-state index contributed by atoms with van der Waals surface area (Å²) in [4.78, 5) is 27.4. The van der Waals surface area contributed by atoms with Gasteiger partial charge in [0, 0.05) is 18.2 Å². The predicted octanol–water partition coefficient (Wildman–Crippen LogP) is 5.73. The van der Waals surface area contributed by atoms with Crippen LogP contribution in [0.5, 0.6) is 0 Å². The second kappa shape index (κ2) is 9.58. The van der Waals surface area contributed by atoms with E-state index >= 15 is 0 Å². The van der Waals surface area contributed by atoms with E-state index < -0.39 is 17.1 Å². The zero-order valence-electron chi connectivity index (χ0n) is 22.8. The SMILES string of the molecule is Cc1cn([C@H]2C[C@@H]3O[Si](C(C)C)(C(C)C)O[Si](C(C)C)(C(C)C)O[C@H]4CCC[C@]43S2)c(=O)[nH]c1=O. The molecule has 0 bridgehead atoms. The Bertz CT molecular complexity index is 1040. The normalized spacial score (nSPS) is 32.2. The molecule has 1 aromatic rings. The summed E-state index contributed by atoms with van der Waals surface area (Å²) in [6, 6.07) is 0. The van der Waals surface area contributed by atoms with Crippen molar-refractivity contribution in [3.8, 4) is 0 Å². The van der Waals surface area contributed by atoms with Gasteiger partial charge in [-0.15, -0.1) is 11.8 Å². The fourth-order valence-electron chi connectivity index (χ4n) is 6.60. The average Bonchev–Trinajstić information content (AvgIpc) is 3.30. The number of thioether (sulfide) groups is 1. The summed E-state index contributed by atoms with van der Waals surface area (Å²) >= 11 is 1.85. The standard InChI is InChI=1S/C25H44N2O5SSi2/c1-15(2)34(16(3)4)30-20-11-10-12-25(20)21(31-35(32-34,17(5)6)18(7)8)13-22(33-25)27-14-19(9)23(28)26-24(27)29/h14-18,20-22H,10-13H2,1-9H3,(H,26,28,29)/t20-,21-,22+,25-/m0/s1. The Hall–Kier alpha value is -0.656. The first-order valence-corrected chi connectivity index (χ1v) is 18.2. The first-order valence-electron chi connectivity index (χ1n) is 13.3. The Labute approximate surface area is 216 Å². The van der Waals surface area contributed by atoms with Crippen LogP contribution in [0.15, 0.2) is 15.8 Å². The van der Waals surface area contributed by atoms with E-state index in [0.29, 0.717) is 23.1 Å². The van der Waals surface area contributed by atoms with Crippen LogP contribution in [0.2, 0.25) is 22.2 Å². The van der Waals surface area contributed by atoms with Gasteiger partial charge < -0.3 is 13.0 Å². The van der Waals surface area contributed by atoms with Gasteiger partial charge in [0.1, 0.15) is 0 Å². The second-order valence-electron chi connectivity index (χ2n) is 12.0. The predicted molar refractivity (Wildman–Crippen MR) is 147 cm³/mol. The van der Waals surface area contributed by atoms with Gasteiger partial charge >= 0.3 is 22.8 Å². The molecule has 2 aliphatic heterocycles. The van der Waals surface area contributed by atoms with Crippen LogP contribution < -0.4 is 11.2 Å². The fourth-order valence-corrected chi connectivity index (χ4v) is 20.1. The van der Waals surface area contributed by atoms with Crippen molar-refractivity contribution in [3.63, 3.8) is 0 Å². The highest BCUT2D eigenvalue weighted by Crippen LogP contribution is 2.62. The maximum absolute atomic E-state index is 12.8. The Balaban J connectivity index is 1.87. The molecule has 3 fully saturated rings. The summed E-state index contributed by atoms with van der Waals surface area (Å²) in [5, 5.41) is -0.106. The summed E-state index contributed by atoms with van der Waals surface area (Å²) in [5.41, 5.74) is 1.03. The monoisotopic (exact) mass is 540 g/mol. The molecule has 0 amide bonds. The molecule has 10 heteroatoms. The highest BCUT2D eigenvalue weighted by atomic mass is 32.2. The number of hydrogen-bond acceptors (Lipinski definition) is 6. The molecule has 35 heavy (non-hydrogen) atoms. The number of nitrogens with one attached hydrogen (secondary N) is 1. The van der Waals surface area contributed by atoms with E-state index in [9.17, 15) is 9.59 Å². The lowest BCUT2D eigenvalue weighted by atomic mass is 9.95. The van der Waals surface area contributed by atoms with E-state index in [1.54, 1.807) is 17.7 Å². The molecular weight excluding hydrogens is 497 g/mol. The number of nitrogens with zero attached hydrogens (tertiary/aromatic N) is 1. The van der Waals surface area contributed by atoms with E-state index in [4.69, 9.17) is 13.0 Å². The van der Waals surface area contributed by atoms with Gasteiger partial charge in [0.05, 0.1) is 22.3 Å². The van der Waals surface area contributed by atoms with Gasteiger partial charge in [-0.3, -0.25) is 14.3 Å². The van der Waals surface area contributed by atoms with E-state index in [1.807, 2.05) is 11.8 Å². The van der Waals surface area contributed by atoms with Crippen molar-refractivity contribution in [2.75, 3.05) is 0 Å². The van der Waals surface area contributed by atoms with Crippen LogP contribution in [-0.2, 0) is 13.0 Å². The van der Waals surface area contributed by atoms with Crippen LogP contribution in [-0.4, -0.2) is 43.6 Å². The van der Waals surface area contributed by atoms with Crippen molar-refractivity contribution < 1.29 is 13.0 Å². The van der Waals surface area contributed by atoms with E-state index in [1.165, 1.54) is 0 Å². The molecule has 4 rings (SSSR count). The van der Waals surface area contributed by atoms with E-state index in [0.717, 1.165) is 19.3 Å². The van der Waals surface area contributed by atoms with Gasteiger partial charge in [0.15, 0.2) is 0 Å². The topological polar surface area (TPSA) is 82.6 Å². The summed E-state index contributed by atoms with van der Waals surface area (Å²) in [6.45, 7) is 19.8. The van der Waals surface area contributed by atoms with Crippen LogP contribution in [0.3, 0.4) is 0 Å². The molecule has 3 aliphatic rings. The Morgan fingerprint density at radius 3 is 2.06 bits per heavy atom. The molecule has 4 atom stereocenters. The minimum Gasteiger partial charge on any atom is -0.414 e. The van der Waals surface area contributed by atoms with Crippen LogP contribution >= 0.6 is 11.8 Å². The van der Waals surface area contributed by atoms with Crippen LogP contribution in [0.1, 0.15) is 92.0 Å². The minimum absolute atomic E-state index is 0.0462. The molecule has 0 radical (unpaired) electrons. The lowest BCUT2D eigenvalue weighted by Crippen LogP contribution is -2.68. The Kier molecular flexibility index (Phi) is 7.49. The Morgan fingerprint density at radius 2 is 1.51 bits per heavy atom. The fraction of sp³-hybridized carbons (Fsp3) is 0.840. The lowest BCUT2D eigenvalue weighted by molar-refractivity contribution is 0.00902. The largest absolute Gasteiger partial charge is 0.414 e. The van der Waals surface area contributed by atoms with Gasteiger partial charge in [-0.05, 0) is 48.4 Å². The van der Waals surface area contributed by atoms with Gasteiger partial charge in [0.2, 0.25) is 0 Å². The molecule has 198 valence electrons. The minimum atomic E-state index is -2.72. The smallest absolute Gasteiger partial charge is 0.334 e. The summed E-state index contributed by atoms with van der Waals surface area (Å²) in [6.07, 6.45) is 5.52. The van der Waals surface area contributed by atoms with Gasteiger partial charge in [-0.25, -0.2) is 4.79 Å². The van der Waals surface area contributed by atoms with Crippen LogP contribution in [0.4, 0.5) is 0 Å². The molecule has 1 aromatic heterocycles. The van der Waals surface area contributed by atoms with Gasteiger partial charge in [0.25, 0.3) is 5.56 Å². The van der Waals surface area contributed by atoms with E-state index in [-0.39, 0.29) is 44.7 Å². The second-order valence-corrected chi connectivity index (χ2v) is 22.3. The Morgan fingerprint density at radius 1 is 0.971 bits per heavy atom. The third kappa shape index (κ3) is 4.29. The van der Waals surface area contributed by atoms with Crippen molar-refractivity contribution in [3.05, 3.63) is 32.6 Å². The first kappa shape index (κ1) is 27.4. The van der Waals surface area contributed by atoms with Crippen molar-refractivity contribution in [1.29, 1.82) is 0 Å². The highest BCUT2D eigenvalue weighted by molar-refractivity contribution is 8.01. The number of rotatable bonds is 5. The quantitative estimate of drug-likeness (QED) is 0.481. The molecule has 1 spiro atoms. The molecule has 1 N–H and O–H groups in total. The number of aryl methyl sites for hydroxylation is 1. The number of aromatic nitrogens is 2. The van der Waals surface area contributed by atoms with Gasteiger partial charge in [-0.1, -0.05) is 55.4 Å². The van der Waals surface area contributed by atoms with Crippen LogP contribution in [0.25, 0.3) is 0 Å². The van der Waals surface area contributed by atoms with Crippen molar-refractivity contribution >= 4 is 28.9 Å². The van der Waals surface area contributed by atoms with Crippen molar-refractivity contribution in [2.45, 2.75) is 132 Å². The maximum atomic E-state index is 12.8.